The molecule has 1 N–H and O–H groups in total. The maximum Gasteiger partial charge on any atom is 0.302 e. The van der Waals surface area contributed by atoms with Gasteiger partial charge in [-0.25, -0.2) is 0 Å². The Kier molecular flexibility index (Phi) is 3.79. The number of fused-ring (bicyclic) bond motifs is 1. The molecule has 106 valence electrons. The van der Waals surface area contributed by atoms with Crippen LogP contribution in [-0.2, 0) is 16.0 Å². The van der Waals surface area contributed by atoms with Crippen molar-refractivity contribution >= 4 is 11.8 Å². The zero-order valence-corrected chi connectivity index (χ0v) is 11.4. The Hall–Kier alpha value is -2.30. The van der Waals surface area contributed by atoms with Gasteiger partial charge in [0.05, 0.1) is 5.56 Å². The third kappa shape index (κ3) is 2.82. The van der Waals surface area contributed by atoms with Gasteiger partial charge in [0.15, 0.2) is 5.78 Å². The second-order valence-electron chi connectivity index (χ2n) is 4.78. The van der Waals surface area contributed by atoms with Gasteiger partial charge in [0.1, 0.15) is 24.2 Å². The number of phenolic OH excluding ortho intramolecular Hbond substituents is 1. The van der Waals surface area contributed by atoms with E-state index in [1.165, 1.54) is 19.9 Å². The van der Waals surface area contributed by atoms with Gasteiger partial charge in [0, 0.05) is 25.0 Å². The fraction of sp³-hybridized carbons (Fsp3) is 0.333. The van der Waals surface area contributed by atoms with Gasteiger partial charge in [-0.2, -0.15) is 0 Å². The third-order valence-electron chi connectivity index (χ3n) is 3.15. The van der Waals surface area contributed by atoms with Crippen molar-refractivity contribution in [3.05, 3.63) is 35.4 Å². The predicted octanol–water partition coefficient (Wildman–Crippen LogP) is 2.02. The molecule has 0 bridgehead atoms. The summed E-state index contributed by atoms with van der Waals surface area (Å²) in [5.74, 6) is -0.144. The van der Waals surface area contributed by atoms with Crippen molar-refractivity contribution in [3.63, 3.8) is 0 Å². The molecule has 1 heterocycles. The normalized spacial score (nSPS) is 16.2. The van der Waals surface area contributed by atoms with Gasteiger partial charge in [0.25, 0.3) is 0 Å². The Morgan fingerprint density at radius 2 is 2.15 bits per heavy atom. The molecule has 5 nitrogen and oxygen atoms in total. The number of aromatic hydroxyl groups is 1. The predicted molar refractivity (Wildman–Crippen MR) is 72.0 cm³/mol. The first-order valence-corrected chi connectivity index (χ1v) is 6.23. The molecular weight excluding hydrogens is 260 g/mol. The molecule has 0 unspecified atom stereocenters. The van der Waals surface area contributed by atoms with E-state index >= 15 is 0 Å². The van der Waals surface area contributed by atoms with E-state index in [1.54, 1.807) is 6.07 Å². The largest absolute Gasteiger partial charge is 0.507 e. The minimum atomic E-state index is -0.377. The van der Waals surface area contributed by atoms with Gasteiger partial charge in [-0.05, 0) is 18.6 Å². The van der Waals surface area contributed by atoms with Crippen LogP contribution in [-0.4, -0.2) is 29.6 Å². The fourth-order valence-electron chi connectivity index (χ4n) is 2.07. The molecule has 1 aromatic carbocycles. The standard InChI is InChI=1S/C15H16O5/c1-8(7-19-10(3)17)14-5-11-4-12(9(2)16)13(18)6-15(11)20-14/h4,6,14,18H,1,5,7H2,2-3H3/t14-/m0/s1. The van der Waals surface area contributed by atoms with Crippen LogP contribution in [0.1, 0.15) is 29.8 Å². The van der Waals surface area contributed by atoms with Gasteiger partial charge < -0.3 is 14.6 Å². The monoisotopic (exact) mass is 276 g/mol. The van der Waals surface area contributed by atoms with E-state index in [9.17, 15) is 14.7 Å². The number of hydrogen-bond donors (Lipinski definition) is 1. The van der Waals surface area contributed by atoms with Crippen LogP contribution in [0.25, 0.3) is 0 Å². The van der Waals surface area contributed by atoms with Crippen molar-refractivity contribution in [2.24, 2.45) is 0 Å². The Morgan fingerprint density at radius 3 is 2.75 bits per heavy atom. The maximum absolute atomic E-state index is 11.4. The van der Waals surface area contributed by atoms with E-state index < -0.39 is 0 Å². The summed E-state index contributed by atoms with van der Waals surface area (Å²) in [7, 11) is 0. The first kappa shape index (κ1) is 14.1. The minimum absolute atomic E-state index is 0.0949. The molecule has 0 saturated carbocycles. The van der Waals surface area contributed by atoms with Gasteiger partial charge >= 0.3 is 5.97 Å². The van der Waals surface area contributed by atoms with Crippen molar-refractivity contribution < 1.29 is 24.2 Å². The van der Waals surface area contributed by atoms with E-state index in [0.29, 0.717) is 17.7 Å². The third-order valence-corrected chi connectivity index (χ3v) is 3.15. The van der Waals surface area contributed by atoms with Crippen LogP contribution in [0.2, 0.25) is 0 Å². The van der Waals surface area contributed by atoms with E-state index in [-0.39, 0.29) is 35.8 Å². The Morgan fingerprint density at radius 1 is 1.45 bits per heavy atom. The highest BCUT2D eigenvalue weighted by Crippen LogP contribution is 2.36. The summed E-state index contributed by atoms with van der Waals surface area (Å²) in [4.78, 5) is 22.2. The summed E-state index contributed by atoms with van der Waals surface area (Å²) >= 11 is 0. The van der Waals surface area contributed by atoms with Crippen molar-refractivity contribution in [2.45, 2.75) is 26.4 Å². The molecule has 20 heavy (non-hydrogen) atoms. The molecule has 1 aliphatic rings. The Labute approximate surface area is 116 Å². The van der Waals surface area contributed by atoms with Crippen LogP contribution in [0, 0.1) is 0 Å². The second kappa shape index (κ2) is 5.36. The van der Waals surface area contributed by atoms with Gasteiger partial charge in [-0.3, -0.25) is 9.59 Å². The fourth-order valence-corrected chi connectivity index (χ4v) is 2.07. The highest BCUT2D eigenvalue weighted by Gasteiger charge is 2.27. The summed E-state index contributed by atoms with van der Waals surface area (Å²) in [5.41, 5.74) is 1.75. The number of carbonyl (C=O) groups excluding carboxylic acids is 2. The van der Waals surface area contributed by atoms with Crippen molar-refractivity contribution in [3.8, 4) is 11.5 Å². The summed E-state index contributed by atoms with van der Waals surface area (Å²) in [5, 5.41) is 9.75. The summed E-state index contributed by atoms with van der Waals surface area (Å²) in [6, 6.07) is 3.07. The van der Waals surface area contributed by atoms with E-state index in [0.717, 1.165) is 5.56 Å². The molecule has 0 aromatic heterocycles. The number of phenols is 1. The zero-order chi connectivity index (χ0) is 14.9. The second-order valence-corrected chi connectivity index (χ2v) is 4.78. The van der Waals surface area contributed by atoms with Crippen LogP contribution in [0.3, 0.4) is 0 Å². The molecule has 1 aromatic rings. The van der Waals surface area contributed by atoms with Crippen molar-refractivity contribution in [1.29, 1.82) is 0 Å². The van der Waals surface area contributed by atoms with E-state index in [4.69, 9.17) is 9.47 Å². The van der Waals surface area contributed by atoms with Gasteiger partial charge in [0.2, 0.25) is 0 Å². The van der Waals surface area contributed by atoms with Crippen LogP contribution < -0.4 is 4.74 Å². The Bertz CT molecular complexity index is 588. The summed E-state index contributed by atoms with van der Waals surface area (Å²) < 4.78 is 10.5. The molecule has 0 radical (unpaired) electrons. The van der Waals surface area contributed by atoms with Crippen molar-refractivity contribution in [1.82, 2.24) is 0 Å². The molecule has 1 aliphatic heterocycles. The quantitative estimate of drug-likeness (QED) is 0.517. The lowest BCUT2D eigenvalue weighted by Crippen LogP contribution is -2.20. The van der Waals surface area contributed by atoms with Crippen LogP contribution >= 0.6 is 0 Å². The van der Waals surface area contributed by atoms with Gasteiger partial charge in [-0.15, -0.1) is 0 Å². The van der Waals surface area contributed by atoms with Gasteiger partial charge in [-0.1, -0.05) is 6.58 Å². The molecule has 0 saturated heterocycles. The molecule has 0 fully saturated rings. The maximum atomic E-state index is 11.4. The Balaban J connectivity index is 2.13. The molecule has 5 heteroatoms. The lowest BCUT2D eigenvalue weighted by molar-refractivity contribution is -0.140. The average molecular weight is 276 g/mol. The molecule has 2 rings (SSSR count). The zero-order valence-electron chi connectivity index (χ0n) is 11.4. The summed E-state index contributed by atoms with van der Waals surface area (Å²) in [6.45, 7) is 6.66. The first-order valence-electron chi connectivity index (χ1n) is 6.23. The van der Waals surface area contributed by atoms with E-state index in [2.05, 4.69) is 6.58 Å². The molecule has 0 aliphatic carbocycles. The smallest absolute Gasteiger partial charge is 0.302 e. The number of carbonyl (C=O) groups is 2. The number of rotatable bonds is 4. The average Bonchev–Trinajstić information content (AvgIpc) is 2.77. The summed E-state index contributed by atoms with van der Waals surface area (Å²) in [6.07, 6.45) is 0.224. The number of benzene rings is 1. The topological polar surface area (TPSA) is 72.8 Å². The number of esters is 1. The minimum Gasteiger partial charge on any atom is -0.507 e. The highest BCUT2D eigenvalue weighted by atomic mass is 16.5. The van der Waals surface area contributed by atoms with E-state index in [1.807, 2.05) is 0 Å². The van der Waals surface area contributed by atoms with Crippen LogP contribution in [0.15, 0.2) is 24.3 Å². The molecule has 1 atom stereocenters. The lowest BCUT2D eigenvalue weighted by atomic mass is 10.0. The molecular formula is C15H16O5. The van der Waals surface area contributed by atoms with Crippen LogP contribution in [0.4, 0.5) is 0 Å². The number of hydrogen-bond acceptors (Lipinski definition) is 5. The molecule has 0 spiro atoms. The number of ketones is 1. The molecule has 0 amide bonds. The van der Waals surface area contributed by atoms with Crippen molar-refractivity contribution in [2.75, 3.05) is 6.61 Å². The number of ether oxygens (including phenoxy) is 2. The van der Waals surface area contributed by atoms with Crippen LogP contribution in [0.5, 0.6) is 11.5 Å². The SMILES string of the molecule is C=C(COC(C)=O)[C@@H]1Cc2cc(C(C)=O)c(O)cc2O1. The highest BCUT2D eigenvalue weighted by molar-refractivity contribution is 5.97. The lowest BCUT2D eigenvalue weighted by Gasteiger charge is -2.13. The first-order chi connectivity index (χ1) is 9.38. The number of Topliss-reactive ketones (excluding diaryl/α,β-unsaturated/α-hetero) is 1.